The Morgan fingerprint density at radius 2 is 1.74 bits per heavy atom. The molecule has 7 heteroatoms. The van der Waals surface area contributed by atoms with Gasteiger partial charge in [-0.3, -0.25) is 0 Å². The molecule has 0 radical (unpaired) electrons. The highest BCUT2D eigenvalue weighted by molar-refractivity contribution is 9.11. The molecular weight excluding hydrogens is 473 g/mol. The van der Waals surface area contributed by atoms with Gasteiger partial charge in [0.15, 0.2) is 0 Å². The second-order valence-corrected chi connectivity index (χ2v) is 8.06. The molecule has 19 heavy (non-hydrogen) atoms. The molecule has 1 heterocycles. The van der Waals surface area contributed by atoms with Crippen molar-refractivity contribution >= 4 is 59.1 Å². The van der Waals surface area contributed by atoms with E-state index in [2.05, 4.69) is 47.8 Å². The van der Waals surface area contributed by atoms with Crippen molar-refractivity contribution in [1.29, 1.82) is 0 Å². The summed E-state index contributed by atoms with van der Waals surface area (Å²) in [5.41, 5.74) is -0.418. The highest BCUT2D eigenvalue weighted by Crippen LogP contribution is 2.43. The van der Waals surface area contributed by atoms with Crippen molar-refractivity contribution in [2.24, 2.45) is 0 Å². The van der Waals surface area contributed by atoms with Crippen LogP contribution in [0.25, 0.3) is 0 Å². The Morgan fingerprint density at radius 1 is 1.05 bits per heavy atom. The molecule has 1 aromatic carbocycles. The van der Waals surface area contributed by atoms with Crippen LogP contribution in [0.5, 0.6) is 0 Å². The topological polar surface area (TPSA) is 0 Å². The summed E-state index contributed by atoms with van der Waals surface area (Å²) < 4.78 is 40.5. The van der Waals surface area contributed by atoms with E-state index in [1.807, 2.05) is 6.07 Å². The van der Waals surface area contributed by atoms with Gasteiger partial charge in [0.1, 0.15) is 0 Å². The first-order valence-corrected chi connectivity index (χ1v) is 8.37. The van der Waals surface area contributed by atoms with Gasteiger partial charge in [-0.2, -0.15) is 13.2 Å². The largest absolute Gasteiger partial charge is 0.416 e. The van der Waals surface area contributed by atoms with Crippen LogP contribution in [0.1, 0.15) is 20.8 Å². The van der Waals surface area contributed by atoms with E-state index in [0.717, 1.165) is 14.7 Å². The van der Waals surface area contributed by atoms with Crippen LogP contribution in [0.15, 0.2) is 38.6 Å². The molecule has 0 amide bonds. The second-order valence-electron chi connectivity index (χ2n) is 3.73. The lowest BCUT2D eigenvalue weighted by atomic mass is 10.0. The van der Waals surface area contributed by atoms with Crippen LogP contribution in [0, 0.1) is 0 Å². The lowest BCUT2D eigenvalue weighted by Gasteiger charge is -2.16. The van der Waals surface area contributed by atoms with Gasteiger partial charge >= 0.3 is 6.18 Å². The normalized spacial score (nSPS) is 13.6. The number of benzene rings is 1. The third-order valence-corrected chi connectivity index (χ3v) is 5.91. The van der Waals surface area contributed by atoms with Crippen molar-refractivity contribution < 1.29 is 13.2 Å². The lowest BCUT2D eigenvalue weighted by molar-refractivity contribution is -0.138. The first kappa shape index (κ1) is 15.5. The molecule has 0 nitrogen and oxygen atoms in total. The fourth-order valence-electron chi connectivity index (χ4n) is 1.61. The highest BCUT2D eigenvalue weighted by atomic mass is 79.9. The minimum Gasteiger partial charge on any atom is -0.166 e. The van der Waals surface area contributed by atoms with Crippen LogP contribution < -0.4 is 0 Å². The quantitative estimate of drug-likeness (QED) is 0.417. The van der Waals surface area contributed by atoms with Gasteiger partial charge in [-0.05, 0) is 45.8 Å². The molecule has 0 saturated carbocycles. The molecule has 0 aliphatic rings. The summed E-state index contributed by atoms with van der Waals surface area (Å²) in [6.45, 7) is 0. The van der Waals surface area contributed by atoms with Crippen molar-refractivity contribution in [3.63, 3.8) is 0 Å². The summed E-state index contributed by atoms with van der Waals surface area (Å²) in [5, 5.41) is 0. The maximum absolute atomic E-state index is 13.1. The average Bonchev–Trinajstić information content (AvgIpc) is 2.74. The Balaban J connectivity index is 2.50. The number of thiophene rings is 1. The summed E-state index contributed by atoms with van der Waals surface area (Å²) in [7, 11) is 0. The molecule has 2 aromatic rings. The summed E-state index contributed by atoms with van der Waals surface area (Å²) in [6, 6.07) is 7.82. The zero-order valence-corrected chi connectivity index (χ0v) is 14.7. The molecule has 102 valence electrons. The maximum atomic E-state index is 13.1. The van der Waals surface area contributed by atoms with Gasteiger partial charge in [0.25, 0.3) is 0 Å². The molecule has 0 spiro atoms. The van der Waals surface area contributed by atoms with Crippen molar-refractivity contribution in [3.05, 3.63) is 54.6 Å². The zero-order chi connectivity index (χ0) is 14.2. The van der Waals surface area contributed by atoms with Gasteiger partial charge in [0.2, 0.25) is 0 Å². The minimum absolute atomic E-state index is 0.213. The van der Waals surface area contributed by atoms with Crippen molar-refractivity contribution in [2.75, 3.05) is 0 Å². The first-order chi connectivity index (χ1) is 8.79. The van der Waals surface area contributed by atoms with Crippen molar-refractivity contribution in [2.45, 2.75) is 11.0 Å². The molecule has 0 bridgehead atoms. The van der Waals surface area contributed by atoms with E-state index in [-0.39, 0.29) is 5.56 Å². The fourth-order valence-corrected chi connectivity index (χ4v) is 4.23. The van der Waals surface area contributed by atoms with Crippen LogP contribution in [0.2, 0.25) is 0 Å². The van der Waals surface area contributed by atoms with E-state index >= 15 is 0 Å². The number of halogens is 6. The van der Waals surface area contributed by atoms with E-state index < -0.39 is 16.6 Å². The first-order valence-electron chi connectivity index (χ1n) is 5.05. The van der Waals surface area contributed by atoms with Crippen LogP contribution in [-0.4, -0.2) is 0 Å². The predicted octanol–water partition coefficient (Wildman–Crippen LogP) is 6.78. The molecule has 0 aliphatic carbocycles. The number of rotatable bonds is 2. The van der Waals surface area contributed by atoms with E-state index in [1.165, 1.54) is 17.4 Å². The fraction of sp³-hybridized carbons (Fsp3) is 0.167. The predicted molar refractivity (Wildman–Crippen MR) is 81.9 cm³/mol. The van der Waals surface area contributed by atoms with E-state index in [1.54, 1.807) is 12.1 Å². The molecule has 1 unspecified atom stereocenters. The maximum Gasteiger partial charge on any atom is 0.416 e. The molecule has 1 aromatic heterocycles. The Morgan fingerprint density at radius 3 is 2.26 bits per heavy atom. The summed E-state index contributed by atoms with van der Waals surface area (Å²) in [4.78, 5) is 0.341. The van der Waals surface area contributed by atoms with Gasteiger partial charge in [-0.15, -0.1) is 11.3 Å². The summed E-state index contributed by atoms with van der Waals surface area (Å²) in [6.07, 6.45) is -4.38. The van der Waals surface area contributed by atoms with Crippen LogP contribution in [0.4, 0.5) is 13.2 Å². The molecular formula is C12H6Br3F3S. The van der Waals surface area contributed by atoms with Crippen LogP contribution in [-0.2, 0) is 6.18 Å². The van der Waals surface area contributed by atoms with E-state index in [0.29, 0.717) is 4.47 Å². The van der Waals surface area contributed by atoms with Gasteiger partial charge in [-0.25, -0.2) is 0 Å². The minimum atomic E-state index is -4.38. The standard InChI is InChI=1S/C12H6Br3F3S/c13-6-1-2-7(8(5-6)12(16,17)18)11(15)9-3-4-10(14)19-9/h1-5,11H. The Hall–Kier alpha value is 0.150. The molecule has 0 aliphatic heterocycles. The SMILES string of the molecule is FC(F)(F)c1cc(Br)ccc1C(Br)c1ccc(Br)s1. The smallest absolute Gasteiger partial charge is 0.166 e. The average molecular weight is 479 g/mol. The monoisotopic (exact) mass is 476 g/mol. The summed E-state index contributed by atoms with van der Waals surface area (Å²) in [5.74, 6) is 0. The van der Waals surface area contributed by atoms with Crippen LogP contribution in [0.3, 0.4) is 0 Å². The molecule has 0 saturated heterocycles. The summed E-state index contributed by atoms with van der Waals surface area (Å²) >= 11 is 11.1. The Kier molecular flexibility index (Phi) is 4.80. The Bertz CT molecular complexity index is 592. The van der Waals surface area contributed by atoms with Crippen LogP contribution >= 0.6 is 59.1 Å². The van der Waals surface area contributed by atoms with Gasteiger partial charge in [0, 0.05) is 9.35 Å². The lowest BCUT2D eigenvalue weighted by Crippen LogP contribution is -2.10. The highest BCUT2D eigenvalue weighted by Gasteiger charge is 2.35. The van der Waals surface area contributed by atoms with Crippen molar-refractivity contribution in [3.8, 4) is 0 Å². The second kappa shape index (κ2) is 5.87. The zero-order valence-electron chi connectivity index (χ0n) is 9.14. The third-order valence-electron chi connectivity index (χ3n) is 2.44. The van der Waals surface area contributed by atoms with Crippen molar-refractivity contribution in [1.82, 2.24) is 0 Å². The van der Waals surface area contributed by atoms with Gasteiger partial charge in [0.05, 0.1) is 14.2 Å². The van der Waals surface area contributed by atoms with E-state index in [4.69, 9.17) is 0 Å². The molecule has 0 fully saturated rings. The Labute approximate surface area is 137 Å². The number of alkyl halides is 4. The number of hydrogen-bond donors (Lipinski definition) is 0. The van der Waals surface area contributed by atoms with E-state index in [9.17, 15) is 13.2 Å². The van der Waals surface area contributed by atoms with Gasteiger partial charge in [-0.1, -0.05) is 37.9 Å². The number of hydrogen-bond acceptors (Lipinski definition) is 1. The van der Waals surface area contributed by atoms with Gasteiger partial charge < -0.3 is 0 Å². The third kappa shape index (κ3) is 3.62. The molecule has 2 rings (SSSR count). The molecule has 0 N–H and O–H groups in total. The molecule has 1 atom stereocenters.